The molecule has 0 nitrogen and oxygen atoms in total. The Morgan fingerprint density at radius 2 is 1.25 bits per heavy atom. The van der Waals surface area contributed by atoms with Crippen molar-refractivity contribution in [3.8, 4) is 0 Å². The molecular formula is C15H21Zr. The fourth-order valence-electron chi connectivity index (χ4n) is 0.680. The maximum absolute atomic E-state index is 3.77. The van der Waals surface area contributed by atoms with Crippen LogP contribution in [0.4, 0.5) is 0 Å². The smallest absolute Gasteiger partial charge is 0.338 e. The first kappa shape index (κ1) is 18.2. The Labute approximate surface area is 120 Å². The zero-order valence-corrected chi connectivity index (χ0v) is 13.0. The van der Waals surface area contributed by atoms with Gasteiger partial charge in [0.05, 0.1) is 0 Å². The normalized spacial score (nSPS) is 14.8. The molecule has 0 amide bonds. The minimum absolute atomic E-state index is 0. The fourth-order valence-corrected chi connectivity index (χ4v) is 0.680. The van der Waals surface area contributed by atoms with Gasteiger partial charge in [-0.1, -0.05) is 20.8 Å². The van der Waals surface area contributed by atoms with Gasteiger partial charge < -0.3 is 6.92 Å². The summed E-state index contributed by atoms with van der Waals surface area (Å²) in [6.07, 6.45) is 20.0. The average Bonchev–Trinajstić information content (AvgIpc) is 2.81. The summed E-state index contributed by atoms with van der Waals surface area (Å²) in [4.78, 5) is 0. The van der Waals surface area contributed by atoms with Crippen molar-refractivity contribution in [2.24, 2.45) is 5.41 Å². The van der Waals surface area contributed by atoms with Crippen molar-refractivity contribution in [1.82, 2.24) is 0 Å². The second-order valence-corrected chi connectivity index (χ2v) is 4.57. The molecule has 2 aliphatic rings. The van der Waals surface area contributed by atoms with Gasteiger partial charge in [-0.3, -0.25) is 12.2 Å². The molecule has 85 valence electrons. The summed E-state index contributed by atoms with van der Waals surface area (Å²) in [5.74, 6) is 0. The van der Waals surface area contributed by atoms with Crippen molar-refractivity contribution in [3.05, 3.63) is 55.5 Å². The maximum Gasteiger partial charge on any atom is 3.00 e. The third-order valence-corrected chi connectivity index (χ3v) is 1.17. The molecule has 0 fully saturated rings. The molecule has 0 aromatic carbocycles. The van der Waals surface area contributed by atoms with Gasteiger partial charge in [-0.25, -0.2) is 24.3 Å². The number of hydrogen-bond acceptors (Lipinski definition) is 0. The van der Waals surface area contributed by atoms with E-state index >= 15 is 0 Å². The largest absolute Gasteiger partial charge is 3.00 e. The number of allylic oxidation sites excluding steroid dienone is 8. The van der Waals surface area contributed by atoms with Gasteiger partial charge in [0.2, 0.25) is 0 Å². The summed E-state index contributed by atoms with van der Waals surface area (Å²) in [6.45, 7) is 10.0. The van der Waals surface area contributed by atoms with Crippen LogP contribution in [-0.4, -0.2) is 0 Å². The van der Waals surface area contributed by atoms with Crippen LogP contribution in [0.2, 0.25) is 0 Å². The topological polar surface area (TPSA) is 0 Å². The molecule has 0 spiro atoms. The van der Waals surface area contributed by atoms with Crippen molar-refractivity contribution >= 4 is 0 Å². The second kappa shape index (κ2) is 11.3. The van der Waals surface area contributed by atoms with Crippen molar-refractivity contribution in [2.75, 3.05) is 0 Å². The first-order valence-electron chi connectivity index (χ1n) is 5.29. The summed E-state index contributed by atoms with van der Waals surface area (Å²) in [5, 5.41) is 0. The van der Waals surface area contributed by atoms with Crippen LogP contribution in [0.1, 0.15) is 33.6 Å². The van der Waals surface area contributed by atoms with Crippen LogP contribution in [-0.2, 0) is 26.2 Å². The van der Waals surface area contributed by atoms with E-state index in [9.17, 15) is 0 Å². The zero-order chi connectivity index (χ0) is 11.6. The van der Waals surface area contributed by atoms with E-state index in [0.29, 0.717) is 0 Å². The molecule has 2 aliphatic carbocycles. The molecule has 0 aromatic rings. The van der Waals surface area contributed by atoms with Crippen LogP contribution < -0.4 is 0 Å². The van der Waals surface area contributed by atoms with Crippen molar-refractivity contribution in [3.63, 3.8) is 0 Å². The molecule has 0 atom stereocenters. The zero-order valence-electron chi connectivity index (χ0n) is 10.6. The molecule has 0 heterocycles. The summed E-state index contributed by atoms with van der Waals surface area (Å²) >= 11 is 0. The van der Waals surface area contributed by atoms with Gasteiger partial charge in [0.25, 0.3) is 0 Å². The van der Waals surface area contributed by atoms with Gasteiger partial charge >= 0.3 is 26.2 Å². The summed E-state index contributed by atoms with van der Waals surface area (Å²) in [6, 6.07) is 0. The minimum Gasteiger partial charge on any atom is -0.338 e. The molecule has 1 heteroatoms. The van der Waals surface area contributed by atoms with Gasteiger partial charge in [-0.05, 0) is 0 Å². The molecule has 0 aromatic heterocycles. The molecule has 1 radical (unpaired) electrons. The van der Waals surface area contributed by atoms with Crippen molar-refractivity contribution in [1.29, 1.82) is 0 Å². The van der Waals surface area contributed by atoms with Gasteiger partial charge in [0, 0.05) is 0 Å². The van der Waals surface area contributed by atoms with Crippen LogP contribution in [0.15, 0.2) is 36.5 Å². The SMILES string of the molecule is [C-]1=CC=CC1.[C-]1=CC=CC1.[CH2-]C(C)(C)C.[Zr+3]. The van der Waals surface area contributed by atoms with E-state index < -0.39 is 0 Å². The van der Waals surface area contributed by atoms with E-state index in [1.165, 1.54) is 0 Å². The van der Waals surface area contributed by atoms with Crippen LogP contribution in [0.3, 0.4) is 0 Å². The van der Waals surface area contributed by atoms with Crippen LogP contribution >= 0.6 is 0 Å². The van der Waals surface area contributed by atoms with E-state index in [0.717, 1.165) is 12.8 Å². The summed E-state index contributed by atoms with van der Waals surface area (Å²) in [7, 11) is 0. The second-order valence-electron chi connectivity index (χ2n) is 4.57. The van der Waals surface area contributed by atoms with E-state index in [4.69, 9.17) is 0 Å². The first-order chi connectivity index (χ1) is 7.00. The van der Waals surface area contributed by atoms with Crippen molar-refractivity contribution < 1.29 is 26.2 Å². The number of hydrogen-bond donors (Lipinski definition) is 0. The molecule has 16 heavy (non-hydrogen) atoms. The van der Waals surface area contributed by atoms with Gasteiger partial charge in [0.1, 0.15) is 0 Å². The standard InChI is InChI=1S/2C5H5.C5H11.Zr/c2*1-2-4-5-3-1;1-5(2,3)4;/h2*1-3H,4H2;1H2,2-4H3;/q3*-1;+3. The number of rotatable bonds is 0. The monoisotopic (exact) mass is 291 g/mol. The Balaban J connectivity index is 0. The van der Waals surface area contributed by atoms with E-state index in [1.54, 1.807) is 0 Å². The van der Waals surface area contributed by atoms with E-state index in [1.807, 2.05) is 24.3 Å². The van der Waals surface area contributed by atoms with E-state index in [-0.39, 0.29) is 31.6 Å². The van der Waals surface area contributed by atoms with Crippen molar-refractivity contribution in [2.45, 2.75) is 33.6 Å². The Morgan fingerprint density at radius 3 is 1.31 bits per heavy atom. The van der Waals surface area contributed by atoms with E-state index in [2.05, 4.69) is 52.0 Å². The van der Waals surface area contributed by atoms with Crippen LogP contribution in [0.5, 0.6) is 0 Å². The molecule has 0 unspecified atom stereocenters. The average molecular weight is 293 g/mol. The molecular weight excluding hydrogens is 271 g/mol. The quantitative estimate of drug-likeness (QED) is 0.578. The molecule has 0 saturated carbocycles. The molecule has 2 rings (SSSR count). The Kier molecular flexibility index (Phi) is 12.9. The molecule has 0 aliphatic heterocycles. The third kappa shape index (κ3) is 23.6. The summed E-state index contributed by atoms with van der Waals surface area (Å²) < 4.78 is 0. The minimum atomic E-state index is 0. The summed E-state index contributed by atoms with van der Waals surface area (Å²) in [5.41, 5.74) is 0.250. The Morgan fingerprint density at radius 1 is 0.938 bits per heavy atom. The molecule has 0 N–H and O–H groups in total. The predicted molar refractivity (Wildman–Crippen MR) is 68.0 cm³/mol. The maximum atomic E-state index is 3.77. The molecule has 0 saturated heterocycles. The Hall–Kier alpha value is -0.157. The van der Waals surface area contributed by atoms with Crippen LogP contribution in [0, 0.1) is 24.5 Å². The predicted octanol–water partition coefficient (Wildman–Crippen LogP) is 4.48. The Bertz CT molecular complexity index is 201. The van der Waals surface area contributed by atoms with Gasteiger partial charge in [-0.15, -0.1) is 12.8 Å². The fraction of sp³-hybridized carbons (Fsp3) is 0.400. The van der Waals surface area contributed by atoms with Gasteiger partial charge in [-0.2, -0.15) is 17.6 Å². The third-order valence-electron chi connectivity index (χ3n) is 1.17. The van der Waals surface area contributed by atoms with Crippen LogP contribution in [0.25, 0.3) is 0 Å². The first-order valence-corrected chi connectivity index (χ1v) is 5.29. The molecule has 0 bridgehead atoms. The van der Waals surface area contributed by atoms with Gasteiger partial charge in [0.15, 0.2) is 0 Å².